The maximum Gasteiger partial charge on any atom is 0.358 e. The molecule has 0 saturated heterocycles. The van der Waals surface area contributed by atoms with Gasteiger partial charge in [0.25, 0.3) is 0 Å². The second-order valence-corrected chi connectivity index (χ2v) is 7.45. The van der Waals surface area contributed by atoms with Gasteiger partial charge in [-0.25, -0.2) is 14.5 Å². The number of rotatable bonds is 5. The summed E-state index contributed by atoms with van der Waals surface area (Å²) in [5.74, 6) is 0.0422. The zero-order chi connectivity index (χ0) is 20.4. The van der Waals surface area contributed by atoms with Crippen LogP contribution in [0.1, 0.15) is 32.3 Å². The number of furan rings is 1. The molecule has 4 aromatic rings. The van der Waals surface area contributed by atoms with E-state index in [-0.39, 0.29) is 12.3 Å². The number of aryl methyl sites for hydroxylation is 2. The van der Waals surface area contributed by atoms with Crippen LogP contribution >= 0.6 is 11.3 Å². The maximum absolute atomic E-state index is 12.7. The Morgan fingerprint density at radius 2 is 2.03 bits per heavy atom. The Morgan fingerprint density at radius 3 is 2.72 bits per heavy atom. The summed E-state index contributed by atoms with van der Waals surface area (Å²) in [7, 11) is 0. The number of carbonyl (C=O) groups is 1. The molecule has 0 N–H and O–H groups in total. The van der Waals surface area contributed by atoms with Crippen molar-refractivity contribution in [3.8, 4) is 22.5 Å². The van der Waals surface area contributed by atoms with Crippen LogP contribution in [0.15, 0.2) is 53.1 Å². The minimum Gasteiger partial charge on any atom is -0.462 e. The maximum atomic E-state index is 12.7. The van der Waals surface area contributed by atoms with E-state index in [4.69, 9.17) is 9.15 Å². The van der Waals surface area contributed by atoms with Crippen LogP contribution in [-0.4, -0.2) is 20.7 Å². The molecular formula is C21H16N4O3S. The number of ether oxygens (including phenoxy) is 1. The van der Waals surface area contributed by atoms with Crippen LogP contribution in [0.4, 0.5) is 0 Å². The highest BCUT2D eigenvalue weighted by Crippen LogP contribution is 2.28. The number of esters is 1. The SMILES string of the molecule is Cc1nn(-c2ccccc2)c(COC(=O)c2nc(-c3ccco3)sc2C)c1C#N. The number of aromatic nitrogens is 3. The number of nitrogens with zero attached hydrogens (tertiary/aromatic N) is 4. The zero-order valence-electron chi connectivity index (χ0n) is 15.7. The lowest BCUT2D eigenvalue weighted by Crippen LogP contribution is -2.11. The van der Waals surface area contributed by atoms with Crippen LogP contribution in [0, 0.1) is 25.2 Å². The van der Waals surface area contributed by atoms with Crippen molar-refractivity contribution in [1.82, 2.24) is 14.8 Å². The highest BCUT2D eigenvalue weighted by atomic mass is 32.1. The summed E-state index contributed by atoms with van der Waals surface area (Å²) in [6.45, 7) is 3.47. The number of para-hydroxylation sites is 1. The molecule has 0 atom stereocenters. The van der Waals surface area contributed by atoms with E-state index in [9.17, 15) is 10.1 Å². The number of hydrogen-bond donors (Lipinski definition) is 0. The first-order valence-corrected chi connectivity index (χ1v) is 9.62. The minimum absolute atomic E-state index is 0.0927. The summed E-state index contributed by atoms with van der Waals surface area (Å²) in [4.78, 5) is 17.7. The number of hydrogen-bond acceptors (Lipinski definition) is 7. The Bertz CT molecular complexity index is 1200. The van der Waals surface area contributed by atoms with Gasteiger partial charge in [0.2, 0.25) is 0 Å². The number of thiazole rings is 1. The van der Waals surface area contributed by atoms with Crippen LogP contribution in [0.25, 0.3) is 16.5 Å². The first-order valence-electron chi connectivity index (χ1n) is 8.81. The van der Waals surface area contributed by atoms with Gasteiger partial charge in [0, 0.05) is 4.88 Å². The molecule has 7 nitrogen and oxygen atoms in total. The summed E-state index contributed by atoms with van der Waals surface area (Å²) < 4.78 is 12.5. The molecule has 3 heterocycles. The smallest absolute Gasteiger partial charge is 0.358 e. The lowest BCUT2D eigenvalue weighted by molar-refractivity contribution is 0.0458. The van der Waals surface area contributed by atoms with Crippen molar-refractivity contribution in [1.29, 1.82) is 5.26 Å². The van der Waals surface area contributed by atoms with Gasteiger partial charge in [-0.2, -0.15) is 10.4 Å². The molecule has 0 aliphatic rings. The molecule has 0 amide bonds. The standard InChI is InChI=1S/C21H16N4O3S/c1-13-16(11-22)17(25(24-13)15-7-4-3-5-8-15)12-28-21(26)19-14(2)29-20(23-19)18-9-6-10-27-18/h3-10H,12H2,1-2H3. The Hall–Kier alpha value is -3.70. The lowest BCUT2D eigenvalue weighted by Gasteiger charge is -2.08. The van der Waals surface area contributed by atoms with Crippen molar-refractivity contribution in [3.05, 3.63) is 76.3 Å². The lowest BCUT2D eigenvalue weighted by atomic mass is 10.2. The molecule has 0 saturated carbocycles. The molecule has 144 valence electrons. The number of carbonyl (C=O) groups excluding carboxylic acids is 1. The van der Waals surface area contributed by atoms with Crippen molar-refractivity contribution in [2.45, 2.75) is 20.5 Å². The van der Waals surface area contributed by atoms with E-state index in [0.717, 1.165) is 10.6 Å². The molecule has 0 bridgehead atoms. The molecule has 0 spiro atoms. The topological polar surface area (TPSA) is 93.9 Å². The average molecular weight is 404 g/mol. The highest BCUT2D eigenvalue weighted by molar-refractivity contribution is 7.15. The van der Waals surface area contributed by atoms with Crippen molar-refractivity contribution in [2.24, 2.45) is 0 Å². The summed E-state index contributed by atoms with van der Waals surface area (Å²) in [5, 5.41) is 14.6. The van der Waals surface area contributed by atoms with Gasteiger partial charge in [0.05, 0.1) is 23.3 Å². The molecule has 29 heavy (non-hydrogen) atoms. The van der Waals surface area contributed by atoms with Gasteiger partial charge in [-0.15, -0.1) is 11.3 Å². The Morgan fingerprint density at radius 1 is 1.24 bits per heavy atom. The van der Waals surface area contributed by atoms with Gasteiger partial charge < -0.3 is 9.15 Å². The molecule has 8 heteroatoms. The Labute approximate surface area is 170 Å². The van der Waals surface area contributed by atoms with Crippen LogP contribution in [0.2, 0.25) is 0 Å². The Balaban J connectivity index is 1.60. The normalized spacial score (nSPS) is 10.7. The summed E-state index contributed by atoms with van der Waals surface area (Å²) in [5.41, 5.74) is 2.51. The molecule has 0 aliphatic carbocycles. The fourth-order valence-electron chi connectivity index (χ4n) is 2.93. The fourth-order valence-corrected chi connectivity index (χ4v) is 3.80. The minimum atomic E-state index is -0.557. The Kier molecular flexibility index (Phi) is 4.97. The average Bonchev–Trinajstić information content (AvgIpc) is 3.45. The van der Waals surface area contributed by atoms with Gasteiger partial charge in [0.15, 0.2) is 16.5 Å². The van der Waals surface area contributed by atoms with E-state index in [1.165, 1.54) is 11.3 Å². The van der Waals surface area contributed by atoms with E-state index in [1.807, 2.05) is 30.3 Å². The second-order valence-electron chi connectivity index (χ2n) is 6.24. The number of nitriles is 1. The quantitative estimate of drug-likeness (QED) is 0.457. The molecule has 4 rings (SSSR count). The van der Waals surface area contributed by atoms with Crippen molar-refractivity contribution in [3.63, 3.8) is 0 Å². The largest absolute Gasteiger partial charge is 0.462 e. The zero-order valence-corrected chi connectivity index (χ0v) is 16.6. The third kappa shape index (κ3) is 3.56. The fraction of sp³-hybridized carbons (Fsp3) is 0.143. The van der Waals surface area contributed by atoms with Gasteiger partial charge in [-0.1, -0.05) is 18.2 Å². The van der Waals surface area contributed by atoms with Gasteiger partial charge in [-0.3, -0.25) is 0 Å². The van der Waals surface area contributed by atoms with Gasteiger partial charge in [0.1, 0.15) is 18.2 Å². The second kappa shape index (κ2) is 7.73. The van der Waals surface area contributed by atoms with Gasteiger partial charge in [-0.05, 0) is 38.1 Å². The first kappa shape index (κ1) is 18.7. The van der Waals surface area contributed by atoms with Crippen molar-refractivity contribution in [2.75, 3.05) is 0 Å². The van der Waals surface area contributed by atoms with Gasteiger partial charge >= 0.3 is 5.97 Å². The molecule has 0 aliphatic heterocycles. The number of benzene rings is 1. The third-order valence-electron chi connectivity index (χ3n) is 4.33. The van der Waals surface area contributed by atoms with Crippen LogP contribution in [0.5, 0.6) is 0 Å². The van der Waals surface area contributed by atoms with E-state index >= 15 is 0 Å². The first-order chi connectivity index (χ1) is 14.1. The molecule has 0 radical (unpaired) electrons. The van der Waals surface area contributed by atoms with E-state index in [1.54, 1.807) is 36.9 Å². The van der Waals surface area contributed by atoms with Crippen LogP contribution in [-0.2, 0) is 11.3 Å². The van der Waals surface area contributed by atoms with Crippen molar-refractivity contribution < 1.29 is 13.9 Å². The van der Waals surface area contributed by atoms with E-state index < -0.39 is 5.97 Å². The predicted molar refractivity (Wildman–Crippen MR) is 107 cm³/mol. The molecule has 1 aromatic carbocycles. The third-order valence-corrected chi connectivity index (χ3v) is 5.32. The molecule has 0 unspecified atom stereocenters. The summed E-state index contributed by atoms with van der Waals surface area (Å²) in [6.07, 6.45) is 1.56. The molecule has 0 fully saturated rings. The van der Waals surface area contributed by atoms with Crippen LogP contribution in [0.3, 0.4) is 0 Å². The highest BCUT2D eigenvalue weighted by Gasteiger charge is 2.22. The summed E-state index contributed by atoms with van der Waals surface area (Å²) in [6, 6.07) is 15.1. The van der Waals surface area contributed by atoms with E-state index in [2.05, 4.69) is 16.2 Å². The monoisotopic (exact) mass is 404 g/mol. The predicted octanol–water partition coefficient (Wildman–Crippen LogP) is 4.43. The van der Waals surface area contributed by atoms with Crippen LogP contribution < -0.4 is 0 Å². The molecule has 3 aromatic heterocycles. The van der Waals surface area contributed by atoms with Crippen molar-refractivity contribution >= 4 is 17.3 Å². The van der Waals surface area contributed by atoms with E-state index in [0.29, 0.717) is 27.7 Å². The summed E-state index contributed by atoms with van der Waals surface area (Å²) >= 11 is 1.36. The molecular weight excluding hydrogens is 388 g/mol.